The van der Waals surface area contributed by atoms with Crippen LogP contribution >= 0.6 is 0 Å². The Balaban J connectivity index is 1.64. The van der Waals surface area contributed by atoms with E-state index in [1.54, 1.807) is 16.7 Å². The van der Waals surface area contributed by atoms with Gasteiger partial charge < -0.3 is 4.74 Å². The molecule has 35 heavy (non-hydrogen) atoms. The summed E-state index contributed by atoms with van der Waals surface area (Å²) in [5.41, 5.74) is 3.27. The first kappa shape index (κ1) is 22.3. The highest BCUT2D eigenvalue weighted by atomic mass is 16.6. The molecule has 0 bridgehead atoms. The number of rotatable bonds is 5. The number of carbonyl (C=O) groups is 1. The minimum atomic E-state index is -0.487. The minimum Gasteiger partial charge on any atom is -0.496 e. The number of nitro groups is 1. The molecule has 176 valence electrons. The second kappa shape index (κ2) is 9.02. The summed E-state index contributed by atoms with van der Waals surface area (Å²) in [7, 11) is 1.63. The standard InChI is InChI=1S/C26H23N5O4/c1-17-7-9-18(10-8-17)22-15-23(21-5-3-4-6-24(21)35-2)30-26(27-16-28-30)29(22)25(32)19-11-13-20(14-12-19)31(33)34/h3-14,16,22-23H,15H2,1-2H3/t22-,23+/m0/s1. The molecule has 1 amide bonds. The number of aryl methyl sites for hydroxylation is 1. The Labute approximate surface area is 201 Å². The predicted molar refractivity (Wildman–Crippen MR) is 130 cm³/mol. The van der Waals surface area contributed by atoms with Gasteiger partial charge in [-0.05, 0) is 37.1 Å². The second-order valence-electron chi connectivity index (χ2n) is 8.40. The molecule has 9 nitrogen and oxygen atoms in total. The van der Waals surface area contributed by atoms with Crippen molar-refractivity contribution in [2.75, 3.05) is 12.0 Å². The van der Waals surface area contributed by atoms with Crippen LogP contribution in [0.4, 0.5) is 11.6 Å². The van der Waals surface area contributed by atoms with Crippen LogP contribution in [0.1, 0.15) is 45.6 Å². The number of hydrogen-bond acceptors (Lipinski definition) is 6. The molecule has 1 aromatic heterocycles. The van der Waals surface area contributed by atoms with Crippen molar-refractivity contribution in [2.24, 2.45) is 0 Å². The Kier molecular flexibility index (Phi) is 5.74. The van der Waals surface area contributed by atoms with E-state index in [0.29, 0.717) is 17.9 Å². The number of nitro benzene ring substituents is 1. The molecule has 0 N–H and O–H groups in total. The number of benzene rings is 3. The fourth-order valence-electron chi connectivity index (χ4n) is 4.56. The number of para-hydroxylation sites is 1. The summed E-state index contributed by atoms with van der Waals surface area (Å²) < 4.78 is 7.37. The van der Waals surface area contributed by atoms with Crippen molar-refractivity contribution in [2.45, 2.75) is 25.4 Å². The first-order valence-electron chi connectivity index (χ1n) is 11.1. The van der Waals surface area contributed by atoms with Crippen LogP contribution in [-0.4, -0.2) is 32.7 Å². The number of nitrogens with zero attached hydrogens (tertiary/aromatic N) is 5. The van der Waals surface area contributed by atoms with Gasteiger partial charge in [0.05, 0.1) is 24.1 Å². The molecule has 1 aliphatic heterocycles. The average Bonchev–Trinajstić information content (AvgIpc) is 3.38. The van der Waals surface area contributed by atoms with Crippen LogP contribution in [0.3, 0.4) is 0 Å². The number of hydrogen-bond donors (Lipinski definition) is 0. The maximum Gasteiger partial charge on any atom is 0.269 e. The molecule has 1 aliphatic rings. The molecule has 0 fully saturated rings. The SMILES string of the molecule is COc1ccccc1[C@H]1C[C@@H](c2ccc(C)cc2)N(C(=O)c2ccc([N+](=O)[O-])cc2)c2ncnn21. The number of non-ortho nitro benzene ring substituents is 1. The van der Waals surface area contributed by atoms with E-state index in [1.807, 2.05) is 55.5 Å². The zero-order valence-corrected chi connectivity index (χ0v) is 19.2. The summed E-state index contributed by atoms with van der Waals surface area (Å²) in [5, 5.41) is 15.5. The van der Waals surface area contributed by atoms with Crippen molar-refractivity contribution in [1.82, 2.24) is 14.8 Å². The zero-order chi connectivity index (χ0) is 24.5. The van der Waals surface area contributed by atoms with Crippen molar-refractivity contribution in [3.8, 4) is 5.75 Å². The summed E-state index contributed by atoms with van der Waals surface area (Å²) in [6.45, 7) is 2.01. The molecule has 0 radical (unpaired) electrons. The van der Waals surface area contributed by atoms with E-state index < -0.39 is 4.92 Å². The Hall–Kier alpha value is -4.53. The molecule has 0 spiro atoms. The molecule has 0 saturated carbocycles. The molecule has 0 unspecified atom stereocenters. The minimum absolute atomic E-state index is 0.0744. The fourth-order valence-corrected chi connectivity index (χ4v) is 4.56. The monoisotopic (exact) mass is 469 g/mol. The van der Waals surface area contributed by atoms with Gasteiger partial charge in [-0.1, -0.05) is 48.0 Å². The van der Waals surface area contributed by atoms with Crippen LogP contribution in [0.2, 0.25) is 0 Å². The van der Waals surface area contributed by atoms with E-state index in [1.165, 1.54) is 30.6 Å². The smallest absolute Gasteiger partial charge is 0.269 e. The molecule has 0 aliphatic carbocycles. The van der Waals surface area contributed by atoms with Crippen molar-refractivity contribution in [3.63, 3.8) is 0 Å². The topological polar surface area (TPSA) is 103 Å². The Bertz CT molecular complexity index is 1380. The van der Waals surface area contributed by atoms with Crippen molar-refractivity contribution < 1.29 is 14.5 Å². The van der Waals surface area contributed by atoms with Gasteiger partial charge in [0.2, 0.25) is 5.95 Å². The number of fused-ring (bicyclic) bond motifs is 1. The predicted octanol–water partition coefficient (Wildman–Crippen LogP) is 4.88. The van der Waals surface area contributed by atoms with E-state index in [2.05, 4.69) is 10.1 Å². The van der Waals surface area contributed by atoms with Gasteiger partial charge in [-0.25, -0.2) is 4.68 Å². The Morgan fingerprint density at radius 3 is 2.43 bits per heavy atom. The number of aromatic nitrogens is 3. The van der Waals surface area contributed by atoms with Crippen LogP contribution < -0.4 is 9.64 Å². The van der Waals surface area contributed by atoms with Gasteiger partial charge in [-0.2, -0.15) is 10.1 Å². The van der Waals surface area contributed by atoms with E-state index in [-0.39, 0.29) is 23.7 Å². The molecule has 5 rings (SSSR count). The highest BCUT2D eigenvalue weighted by Crippen LogP contribution is 2.44. The van der Waals surface area contributed by atoms with Crippen LogP contribution in [-0.2, 0) is 0 Å². The van der Waals surface area contributed by atoms with Crippen LogP contribution in [0, 0.1) is 17.0 Å². The first-order chi connectivity index (χ1) is 17.0. The normalized spacial score (nSPS) is 17.0. The lowest BCUT2D eigenvalue weighted by Gasteiger charge is -2.39. The lowest BCUT2D eigenvalue weighted by Crippen LogP contribution is -2.42. The summed E-state index contributed by atoms with van der Waals surface area (Å²) in [6.07, 6.45) is 1.98. The average molecular weight is 470 g/mol. The first-order valence-corrected chi connectivity index (χ1v) is 11.1. The fraction of sp³-hybridized carbons (Fsp3) is 0.192. The van der Waals surface area contributed by atoms with E-state index in [0.717, 1.165) is 22.4 Å². The molecule has 3 aromatic carbocycles. The van der Waals surface area contributed by atoms with Gasteiger partial charge in [0.15, 0.2) is 0 Å². The molecule has 0 saturated heterocycles. The van der Waals surface area contributed by atoms with Gasteiger partial charge >= 0.3 is 0 Å². The maximum atomic E-state index is 13.8. The molecule has 9 heteroatoms. The highest BCUT2D eigenvalue weighted by Gasteiger charge is 2.40. The summed E-state index contributed by atoms with van der Waals surface area (Å²) >= 11 is 0. The second-order valence-corrected chi connectivity index (χ2v) is 8.40. The highest BCUT2D eigenvalue weighted by molar-refractivity contribution is 6.06. The third kappa shape index (κ3) is 4.01. The Morgan fingerprint density at radius 1 is 1.03 bits per heavy atom. The number of carbonyl (C=O) groups excluding carboxylic acids is 1. The summed E-state index contributed by atoms with van der Waals surface area (Å²) in [6, 6.07) is 20.9. The number of amides is 1. The van der Waals surface area contributed by atoms with Crippen molar-refractivity contribution in [1.29, 1.82) is 0 Å². The Morgan fingerprint density at radius 2 is 1.74 bits per heavy atom. The molecular formula is C26H23N5O4. The van der Waals surface area contributed by atoms with E-state index in [9.17, 15) is 14.9 Å². The lowest BCUT2D eigenvalue weighted by atomic mass is 9.90. The number of ether oxygens (including phenoxy) is 1. The molecule has 2 atom stereocenters. The summed E-state index contributed by atoms with van der Waals surface area (Å²) in [5.74, 6) is 0.830. The van der Waals surface area contributed by atoms with Gasteiger partial charge in [-0.3, -0.25) is 19.8 Å². The quantitative estimate of drug-likeness (QED) is 0.305. The lowest BCUT2D eigenvalue weighted by molar-refractivity contribution is -0.384. The molecule has 4 aromatic rings. The number of methoxy groups -OCH3 is 1. The van der Waals surface area contributed by atoms with E-state index in [4.69, 9.17) is 4.74 Å². The third-order valence-electron chi connectivity index (χ3n) is 6.33. The van der Waals surface area contributed by atoms with Gasteiger partial charge in [0.25, 0.3) is 11.6 Å². The van der Waals surface area contributed by atoms with Gasteiger partial charge in [0.1, 0.15) is 12.1 Å². The zero-order valence-electron chi connectivity index (χ0n) is 19.2. The van der Waals surface area contributed by atoms with Crippen molar-refractivity contribution in [3.05, 3.63) is 111 Å². The van der Waals surface area contributed by atoms with Crippen LogP contribution in [0.15, 0.2) is 79.1 Å². The molecular weight excluding hydrogens is 446 g/mol. The van der Waals surface area contributed by atoms with Gasteiger partial charge in [-0.15, -0.1) is 0 Å². The van der Waals surface area contributed by atoms with Crippen LogP contribution in [0.25, 0.3) is 0 Å². The maximum absolute atomic E-state index is 13.8. The molecule has 2 heterocycles. The van der Waals surface area contributed by atoms with Crippen LogP contribution in [0.5, 0.6) is 5.75 Å². The largest absolute Gasteiger partial charge is 0.496 e. The van der Waals surface area contributed by atoms with Crippen molar-refractivity contribution >= 4 is 17.5 Å². The van der Waals surface area contributed by atoms with E-state index >= 15 is 0 Å². The number of anilines is 1. The third-order valence-corrected chi connectivity index (χ3v) is 6.33. The van der Waals surface area contributed by atoms with Gasteiger partial charge in [0, 0.05) is 23.3 Å². The summed E-state index contributed by atoms with van der Waals surface area (Å²) in [4.78, 5) is 30.5.